The zero-order valence-electron chi connectivity index (χ0n) is 10.4. The van der Waals surface area contributed by atoms with E-state index in [2.05, 4.69) is 10.3 Å². The van der Waals surface area contributed by atoms with Crippen LogP contribution in [0, 0.1) is 6.92 Å². The number of nitrogens with zero attached hydrogens (tertiary/aromatic N) is 1. The van der Waals surface area contributed by atoms with Gasteiger partial charge in [-0.1, -0.05) is 19.3 Å². The van der Waals surface area contributed by atoms with Gasteiger partial charge in [0, 0.05) is 0 Å². The average molecular weight is 235 g/mol. The molecular formula is C13H21N3O. The summed E-state index contributed by atoms with van der Waals surface area (Å²) in [6.07, 6.45) is 7.29. The van der Waals surface area contributed by atoms with Crippen molar-refractivity contribution in [1.29, 1.82) is 0 Å². The van der Waals surface area contributed by atoms with Gasteiger partial charge in [0.2, 0.25) is 0 Å². The number of aryl methyl sites for hydroxylation is 1. The highest BCUT2D eigenvalue weighted by Crippen LogP contribution is 2.31. The monoisotopic (exact) mass is 235 g/mol. The number of nitrogens with one attached hydrogen (secondary N) is 1. The normalized spacial score (nSPS) is 18.9. The van der Waals surface area contributed by atoms with Gasteiger partial charge >= 0.3 is 0 Å². The average Bonchev–Trinajstić information content (AvgIpc) is 2.35. The Morgan fingerprint density at radius 3 is 2.71 bits per heavy atom. The molecule has 1 aromatic rings. The fraction of sp³-hybridized carbons (Fsp3) is 0.615. The summed E-state index contributed by atoms with van der Waals surface area (Å²) in [6.45, 7) is 2.13. The summed E-state index contributed by atoms with van der Waals surface area (Å²) >= 11 is 0. The largest absolute Gasteiger partial charge is 0.397 e. The smallest absolute Gasteiger partial charge is 0.126 e. The van der Waals surface area contributed by atoms with Crippen molar-refractivity contribution in [3.05, 3.63) is 17.8 Å². The summed E-state index contributed by atoms with van der Waals surface area (Å²) in [4.78, 5) is 4.28. The maximum atomic E-state index is 9.61. The first-order valence-electron chi connectivity index (χ1n) is 6.26. The maximum Gasteiger partial charge on any atom is 0.126 e. The Bertz CT molecular complexity index is 386. The van der Waals surface area contributed by atoms with E-state index in [4.69, 9.17) is 5.73 Å². The zero-order valence-corrected chi connectivity index (χ0v) is 10.4. The van der Waals surface area contributed by atoms with Crippen molar-refractivity contribution in [2.45, 2.75) is 44.6 Å². The van der Waals surface area contributed by atoms with E-state index in [1.807, 2.05) is 13.0 Å². The van der Waals surface area contributed by atoms with Crippen LogP contribution < -0.4 is 11.1 Å². The molecule has 0 spiro atoms. The second kappa shape index (κ2) is 4.92. The minimum Gasteiger partial charge on any atom is -0.397 e. The minimum absolute atomic E-state index is 0.165. The Kier molecular flexibility index (Phi) is 3.52. The number of aliphatic hydroxyl groups excluding tert-OH is 1. The standard InChI is InChI=1S/C13H21N3O/c1-10-7-12(15-8-11(10)14)16-13(9-17)5-3-2-4-6-13/h7-8,17H,2-6,9,14H2,1H3,(H,15,16). The lowest BCUT2D eigenvalue weighted by Crippen LogP contribution is -2.44. The van der Waals surface area contributed by atoms with Gasteiger partial charge in [0.05, 0.1) is 24.0 Å². The van der Waals surface area contributed by atoms with E-state index in [0.717, 1.165) is 24.2 Å². The van der Waals surface area contributed by atoms with Gasteiger partial charge in [-0.3, -0.25) is 0 Å². The number of rotatable bonds is 3. The summed E-state index contributed by atoms with van der Waals surface area (Å²) in [5.74, 6) is 0.813. The molecule has 1 saturated carbocycles. The molecule has 0 unspecified atom stereocenters. The van der Waals surface area contributed by atoms with Crippen molar-refractivity contribution < 1.29 is 5.11 Å². The van der Waals surface area contributed by atoms with E-state index in [-0.39, 0.29) is 12.1 Å². The number of hydrogen-bond donors (Lipinski definition) is 3. The first kappa shape index (κ1) is 12.2. The lowest BCUT2D eigenvalue weighted by atomic mass is 9.82. The van der Waals surface area contributed by atoms with Crippen molar-refractivity contribution >= 4 is 11.5 Å². The lowest BCUT2D eigenvalue weighted by Gasteiger charge is -2.37. The second-order valence-corrected chi connectivity index (χ2v) is 5.05. The van der Waals surface area contributed by atoms with Gasteiger partial charge in [0.25, 0.3) is 0 Å². The first-order chi connectivity index (χ1) is 8.15. The Hall–Kier alpha value is -1.29. The molecule has 4 N–H and O–H groups in total. The van der Waals surface area contributed by atoms with E-state index in [1.54, 1.807) is 6.20 Å². The number of anilines is 2. The van der Waals surface area contributed by atoms with Crippen LogP contribution in [0.25, 0.3) is 0 Å². The molecule has 17 heavy (non-hydrogen) atoms. The third-order valence-corrected chi connectivity index (χ3v) is 3.66. The van der Waals surface area contributed by atoms with Crippen molar-refractivity contribution in [2.75, 3.05) is 17.7 Å². The fourth-order valence-electron chi connectivity index (χ4n) is 2.46. The summed E-state index contributed by atoms with van der Waals surface area (Å²) in [5, 5.41) is 13.0. The molecule has 0 aliphatic heterocycles. The molecule has 1 fully saturated rings. The molecule has 0 atom stereocenters. The van der Waals surface area contributed by atoms with Gasteiger partial charge in [-0.25, -0.2) is 4.98 Å². The van der Waals surface area contributed by atoms with Crippen molar-refractivity contribution in [1.82, 2.24) is 4.98 Å². The van der Waals surface area contributed by atoms with Crippen molar-refractivity contribution in [3.63, 3.8) is 0 Å². The van der Waals surface area contributed by atoms with Crippen LogP contribution in [0.2, 0.25) is 0 Å². The number of aliphatic hydroxyl groups is 1. The lowest BCUT2D eigenvalue weighted by molar-refractivity contribution is 0.172. The summed E-state index contributed by atoms with van der Waals surface area (Å²) in [5.41, 5.74) is 7.29. The van der Waals surface area contributed by atoms with Gasteiger partial charge in [-0.15, -0.1) is 0 Å². The molecule has 1 aliphatic carbocycles. The van der Waals surface area contributed by atoms with Crippen LogP contribution >= 0.6 is 0 Å². The van der Waals surface area contributed by atoms with Crippen LogP contribution in [-0.2, 0) is 0 Å². The molecule has 0 radical (unpaired) electrons. The number of aromatic nitrogens is 1. The van der Waals surface area contributed by atoms with Gasteiger partial charge in [-0.05, 0) is 31.4 Å². The van der Waals surface area contributed by atoms with Gasteiger partial charge in [0.1, 0.15) is 5.82 Å². The molecule has 0 aromatic carbocycles. The number of hydrogen-bond acceptors (Lipinski definition) is 4. The Balaban J connectivity index is 2.14. The molecule has 1 aliphatic rings. The Labute approximate surface area is 102 Å². The summed E-state index contributed by atoms with van der Waals surface area (Å²) in [6, 6.07) is 1.95. The van der Waals surface area contributed by atoms with E-state index in [9.17, 15) is 5.11 Å². The molecule has 0 amide bonds. The second-order valence-electron chi connectivity index (χ2n) is 5.05. The highest BCUT2D eigenvalue weighted by molar-refractivity contribution is 5.51. The van der Waals surface area contributed by atoms with Crippen LogP contribution in [0.3, 0.4) is 0 Å². The fourth-order valence-corrected chi connectivity index (χ4v) is 2.46. The van der Waals surface area contributed by atoms with Crippen LogP contribution in [0.4, 0.5) is 11.5 Å². The van der Waals surface area contributed by atoms with Crippen LogP contribution in [0.1, 0.15) is 37.7 Å². The predicted molar refractivity (Wildman–Crippen MR) is 69.9 cm³/mol. The summed E-state index contributed by atoms with van der Waals surface area (Å²) < 4.78 is 0. The topological polar surface area (TPSA) is 71.2 Å². The quantitative estimate of drug-likeness (QED) is 0.750. The third-order valence-electron chi connectivity index (χ3n) is 3.66. The Morgan fingerprint density at radius 2 is 2.12 bits per heavy atom. The van der Waals surface area contributed by atoms with Crippen molar-refractivity contribution in [3.8, 4) is 0 Å². The maximum absolute atomic E-state index is 9.61. The molecule has 94 valence electrons. The molecule has 0 bridgehead atoms. The van der Waals surface area contributed by atoms with Crippen LogP contribution in [0.5, 0.6) is 0 Å². The number of pyridine rings is 1. The summed E-state index contributed by atoms with van der Waals surface area (Å²) in [7, 11) is 0. The van der Waals surface area contributed by atoms with E-state index >= 15 is 0 Å². The van der Waals surface area contributed by atoms with Gasteiger partial charge in [-0.2, -0.15) is 0 Å². The van der Waals surface area contributed by atoms with E-state index < -0.39 is 0 Å². The highest BCUT2D eigenvalue weighted by atomic mass is 16.3. The SMILES string of the molecule is Cc1cc(NC2(CO)CCCCC2)ncc1N. The molecule has 1 heterocycles. The number of nitrogen functional groups attached to an aromatic ring is 1. The van der Waals surface area contributed by atoms with Gasteiger partial charge in [0.15, 0.2) is 0 Å². The third kappa shape index (κ3) is 2.69. The minimum atomic E-state index is -0.187. The number of nitrogens with two attached hydrogens (primary N) is 1. The molecular weight excluding hydrogens is 214 g/mol. The molecule has 4 heteroatoms. The Morgan fingerprint density at radius 1 is 1.41 bits per heavy atom. The van der Waals surface area contributed by atoms with E-state index in [0.29, 0.717) is 5.69 Å². The van der Waals surface area contributed by atoms with E-state index in [1.165, 1.54) is 19.3 Å². The zero-order chi connectivity index (χ0) is 12.3. The molecule has 4 nitrogen and oxygen atoms in total. The highest BCUT2D eigenvalue weighted by Gasteiger charge is 2.31. The predicted octanol–water partition coefficient (Wildman–Crippen LogP) is 2.08. The van der Waals surface area contributed by atoms with Crippen molar-refractivity contribution in [2.24, 2.45) is 0 Å². The first-order valence-corrected chi connectivity index (χ1v) is 6.26. The molecule has 0 saturated heterocycles. The molecule has 2 rings (SSSR count). The van der Waals surface area contributed by atoms with Crippen LogP contribution in [-0.4, -0.2) is 22.2 Å². The van der Waals surface area contributed by atoms with Crippen LogP contribution in [0.15, 0.2) is 12.3 Å². The molecule has 1 aromatic heterocycles. The van der Waals surface area contributed by atoms with Gasteiger partial charge < -0.3 is 16.2 Å².